The molecule has 0 aromatic carbocycles. The molecule has 1 N–H and O–H groups in total. The molecule has 2 heterocycles. The molecule has 0 aliphatic carbocycles. The molecule has 0 radical (unpaired) electrons. The highest BCUT2D eigenvalue weighted by Crippen LogP contribution is 2.31. The Hall–Kier alpha value is -2.39. The number of ether oxygens (including phenoxy) is 1. The van der Waals surface area contributed by atoms with Gasteiger partial charge in [-0.3, -0.25) is 0 Å². The van der Waals surface area contributed by atoms with Gasteiger partial charge < -0.3 is 9.84 Å². The predicted molar refractivity (Wildman–Crippen MR) is 65.3 cm³/mol. The van der Waals surface area contributed by atoms with E-state index in [0.717, 1.165) is 4.88 Å². The van der Waals surface area contributed by atoms with Crippen LogP contribution in [0.5, 0.6) is 5.75 Å². The Kier molecular flexibility index (Phi) is 3.26. The van der Waals surface area contributed by atoms with E-state index in [9.17, 15) is 9.90 Å². The van der Waals surface area contributed by atoms with Crippen molar-refractivity contribution in [3.63, 3.8) is 0 Å². The lowest BCUT2D eigenvalue weighted by Gasteiger charge is -2.06. The van der Waals surface area contributed by atoms with Gasteiger partial charge in [-0.15, -0.1) is 11.3 Å². The van der Waals surface area contributed by atoms with Crippen molar-refractivity contribution in [1.82, 2.24) is 4.98 Å². The van der Waals surface area contributed by atoms with E-state index >= 15 is 0 Å². The molecule has 0 fully saturated rings. The molecule has 2 aromatic rings. The van der Waals surface area contributed by atoms with Gasteiger partial charge in [0, 0.05) is 10.4 Å². The number of carbonyl (C=O) groups is 1. The van der Waals surface area contributed by atoms with Crippen molar-refractivity contribution in [3.05, 3.63) is 35.0 Å². The standard InChI is InChI=1S/C12H8N2O3S/c1-17-12(16)11-9(15)5-7(8(6-13)14-11)10-3-2-4-18-10/h2-5,15H,1H3. The largest absolute Gasteiger partial charge is 0.505 e. The Morgan fingerprint density at radius 2 is 2.39 bits per heavy atom. The summed E-state index contributed by atoms with van der Waals surface area (Å²) in [5, 5.41) is 20.6. The molecule has 0 atom stereocenters. The molecule has 2 aromatic heterocycles. The van der Waals surface area contributed by atoms with E-state index in [1.807, 2.05) is 17.5 Å². The fourth-order valence-corrected chi connectivity index (χ4v) is 2.20. The third-order valence-corrected chi connectivity index (χ3v) is 3.18. The number of hydrogen-bond acceptors (Lipinski definition) is 6. The van der Waals surface area contributed by atoms with Crippen LogP contribution in [0.15, 0.2) is 23.6 Å². The minimum absolute atomic E-state index is 0.0793. The van der Waals surface area contributed by atoms with Gasteiger partial charge in [0.15, 0.2) is 5.69 Å². The maximum Gasteiger partial charge on any atom is 0.360 e. The predicted octanol–water partition coefficient (Wildman–Crippen LogP) is 2.17. The number of aromatic nitrogens is 1. The molecule has 0 amide bonds. The molecular weight excluding hydrogens is 252 g/mol. The molecule has 0 saturated carbocycles. The molecule has 0 aliphatic rings. The first-order valence-corrected chi connectivity index (χ1v) is 5.81. The normalized spacial score (nSPS) is 9.78. The monoisotopic (exact) mass is 260 g/mol. The van der Waals surface area contributed by atoms with Crippen LogP contribution in [-0.4, -0.2) is 23.2 Å². The number of esters is 1. The second-order valence-electron chi connectivity index (χ2n) is 3.33. The molecule has 0 unspecified atom stereocenters. The molecule has 0 spiro atoms. The Morgan fingerprint density at radius 3 is 2.94 bits per heavy atom. The van der Waals surface area contributed by atoms with Crippen molar-refractivity contribution < 1.29 is 14.6 Å². The molecule has 0 saturated heterocycles. The van der Waals surface area contributed by atoms with Crippen molar-refractivity contribution in [1.29, 1.82) is 5.26 Å². The first-order valence-electron chi connectivity index (χ1n) is 4.93. The van der Waals surface area contributed by atoms with E-state index < -0.39 is 5.97 Å². The third-order valence-electron chi connectivity index (χ3n) is 2.27. The van der Waals surface area contributed by atoms with Gasteiger partial charge in [0.1, 0.15) is 17.5 Å². The minimum Gasteiger partial charge on any atom is -0.505 e. The van der Waals surface area contributed by atoms with Gasteiger partial charge in [0.2, 0.25) is 0 Å². The van der Waals surface area contributed by atoms with Crippen LogP contribution < -0.4 is 0 Å². The van der Waals surface area contributed by atoms with Crippen LogP contribution in [0.4, 0.5) is 0 Å². The van der Waals surface area contributed by atoms with E-state index in [2.05, 4.69) is 9.72 Å². The number of thiophene rings is 1. The van der Waals surface area contributed by atoms with Gasteiger partial charge in [-0.25, -0.2) is 9.78 Å². The molecule has 5 nitrogen and oxygen atoms in total. The second kappa shape index (κ2) is 4.85. The van der Waals surface area contributed by atoms with Crippen molar-refractivity contribution >= 4 is 17.3 Å². The lowest BCUT2D eigenvalue weighted by atomic mass is 10.1. The molecular formula is C12H8N2O3S. The number of methoxy groups -OCH3 is 1. The van der Waals surface area contributed by atoms with Crippen LogP contribution in [0.2, 0.25) is 0 Å². The summed E-state index contributed by atoms with van der Waals surface area (Å²) >= 11 is 1.42. The average molecular weight is 260 g/mol. The molecule has 2 rings (SSSR count). The van der Waals surface area contributed by atoms with Crippen LogP contribution in [-0.2, 0) is 4.74 Å². The van der Waals surface area contributed by atoms with Crippen LogP contribution >= 0.6 is 11.3 Å². The number of nitriles is 1. The van der Waals surface area contributed by atoms with Crippen molar-refractivity contribution in [3.8, 4) is 22.3 Å². The summed E-state index contributed by atoms with van der Waals surface area (Å²) < 4.78 is 4.48. The molecule has 6 heteroatoms. The number of carbonyl (C=O) groups excluding carboxylic acids is 1. The summed E-state index contributed by atoms with van der Waals surface area (Å²) in [5.74, 6) is -1.08. The highest BCUT2D eigenvalue weighted by atomic mass is 32.1. The Bertz CT molecular complexity index is 630. The summed E-state index contributed by atoms with van der Waals surface area (Å²) in [6, 6.07) is 6.89. The minimum atomic E-state index is -0.776. The van der Waals surface area contributed by atoms with Crippen molar-refractivity contribution in [2.24, 2.45) is 0 Å². The molecule has 18 heavy (non-hydrogen) atoms. The van der Waals surface area contributed by atoms with E-state index in [0.29, 0.717) is 5.56 Å². The van der Waals surface area contributed by atoms with Crippen LogP contribution in [0, 0.1) is 11.3 Å². The van der Waals surface area contributed by atoms with E-state index in [4.69, 9.17) is 5.26 Å². The Morgan fingerprint density at radius 1 is 1.61 bits per heavy atom. The van der Waals surface area contributed by atoms with Gasteiger partial charge in [0.05, 0.1) is 7.11 Å². The van der Waals surface area contributed by atoms with E-state index in [1.54, 1.807) is 6.07 Å². The zero-order valence-corrected chi connectivity index (χ0v) is 10.2. The van der Waals surface area contributed by atoms with Crippen molar-refractivity contribution in [2.75, 3.05) is 7.11 Å². The van der Waals surface area contributed by atoms with E-state index in [-0.39, 0.29) is 17.1 Å². The van der Waals surface area contributed by atoms with E-state index in [1.165, 1.54) is 24.5 Å². The summed E-state index contributed by atoms with van der Waals surface area (Å²) in [6.45, 7) is 0. The highest BCUT2D eigenvalue weighted by Gasteiger charge is 2.18. The number of rotatable bonds is 2. The number of aromatic hydroxyl groups is 1. The molecule has 0 aliphatic heterocycles. The maximum absolute atomic E-state index is 11.3. The fraction of sp³-hybridized carbons (Fsp3) is 0.0833. The quantitative estimate of drug-likeness (QED) is 0.837. The maximum atomic E-state index is 11.3. The van der Waals surface area contributed by atoms with Gasteiger partial charge >= 0.3 is 5.97 Å². The average Bonchev–Trinajstić information content (AvgIpc) is 2.91. The third kappa shape index (κ3) is 2.04. The Labute approximate surface area is 107 Å². The van der Waals surface area contributed by atoms with Gasteiger partial charge in [-0.05, 0) is 17.5 Å². The van der Waals surface area contributed by atoms with Crippen LogP contribution in [0.3, 0.4) is 0 Å². The van der Waals surface area contributed by atoms with Gasteiger partial charge in [0.25, 0.3) is 0 Å². The summed E-state index contributed by atoms with van der Waals surface area (Å²) in [7, 11) is 1.18. The zero-order valence-electron chi connectivity index (χ0n) is 9.38. The highest BCUT2D eigenvalue weighted by molar-refractivity contribution is 7.13. The molecule has 0 bridgehead atoms. The SMILES string of the molecule is COC(=O)c1nc(C#N)c(-c2cccs2)cc1O. The topological polar surface area (TPSA) is 83.2 Å². The first kappa shape index (κ1) is 12.1. The summed E-state index contributed by atoms with van der Waals surface area (Å²) in [5.41, 5.74) is 0.322. The fourth-order valence-electron chi connectivity index (χ4n) is 1.45. The molecule has 90 valence electrons. The number of nitrogens with zero attached hydrogens (tertiary/aromatic N) is 2. The first-order chi connectivity index (χ1) is 8.67. The number of pyridine rings is 1. The van der Waals surface area contributed by atoms with Gasteiger partial charge in [-0.2, -0.15) is 5.26 Å². The summed E-state index contributed by atoms with van der Waals surface area (Å²) in [4.78, 5) is 16.0. The smallest absolute Gasteiger partial charge is 0.360 e. The van der Waals surface area contributed by atoms with Crippen molar-refractivity contribution in [2.45, 2.75) is 0 Å². The second-order valence-corrected chi connectivity index (χ2v) is 4.28. The lowest BCUT2D eigenvalue weighted by Crippen LogP contribution is -2.06. The Balaban J connectivity index is 2.62. The summed E-state index contributed by atoms with van der Waals surface area (Å²) in [6.07, 6.45) is 0. The van der Waals surface area contributed by atoms with Crippen LogP contribution in [0.1, 0.15) is 16.2 Å². The lowest BCUT2D eigenvalue weighted by molar-refractivity contribution is 0.0590. The zero-order chi connectivity index (χ0) is 13.1. The van der Waals surface area contributed by atoms with Gasteiger partial charge in [-0.1, -0.05) is 6.07 Å². The van der Waals surface area contributed by atoms with Crippen LogP contribution in [0.25, 0.3) is 10.4 Å². The number of hydrogen-bond donors (Lipinski definition) is 1.